The van der Waals surface area contributed by atoms with Gasteiger partial charge in [0.25, 0.3) is 0 Å². The predicted octanol–water partition coefficient (Wildman–Crippen LogP) is 2.51. The Morgan fingerprint density at radius 1 is 1.16 bits per heavy atom. The van der Waals surface area contributed by atoms with Crippen LogP contribution in [0.4, 0.5) is 4.79 Å². The molecule has 1 aliphatic rings. The Bertz CT molecular complexity index is 286. The molecule has 0 aromatic rings. The van der Waals surface area contributed by atoms with Crippen molar-refractivity contribution in [2.24, 2.45) is 5.92 Å². The highest BCUT2D eigenvalue weighted by atomic mass is 16.4. The number of urea groups is 1. The van der Waals surface area contributed by atoms with Crippen molar-refractivity contribution >= 4 is 12.0 Å². The van der Waals surface area contributed by atoms with Crippen LogP contribution in [0.25, 0.3) is 0 Å². The van der Waals surface area contributed by atoms with E-state index in [4.69, 9.17) is 5.11 Å². The summed E-state index contributed by atoms with van der Waals surface area (Å²) in [5, 5.41) is 14.5. The maximum Gasteiger partial charge on any atom is 0.315 e. The first-order valence-corrected chi connectivity index (χ1v) is 7.40. The molecule has 0 spiro atoms. The van der Waals surface area contributed by atoms with Gasteiger partial charge in [0, 0.05) is 12.6 Å². The van der Waals surface area contributed by atoms with Crippen molar-refractivity contribution in [1.29, 1.82) is 0 Å². The molecule has 19 heavy (non-hydrogen) atoms. The molecule has 5 heteroatoms. The molecule has 0 saturated heterocycles. The van der Waals surface area contributed by atoms with Crippen LogP contribution >= 0.6 is 0 Å². The molecule has 1 saturated carbocycles. The van der Waals surface area contributed by atoms with Gasteiger partial charge in [-0.25, -0.2) is 4.79 Å². The van der Waals surface area contributed by atoms with Crippen LogP contribution in [0.15, 0.2) is 0 Å². The Kier molecular flexibility index (Phi) is 7.30. The van der Waals surface area contributed by atoms with E-state index < -0.39 is 11.9 Å². The molecule has 0 heterocycles. The first-order chi connectivity index (χ1) is 9.13. The molecule has 3 N–H and O–H groups in total. The summed E-state index contributed by atoms with van der Waals surface area (Å²) >= 11 is 0. The topological polar surface area (TPSA) is 78.4 Å². The molecular formula is C14H26N2O3. The minimum Gasteiger partial charge on any atom is -0.481 e. The maximum atomic E-state index is 11.7. The normalized spacial score (nSPS) is 19.0. The molecule has 1 aliphatic carbocycles. The van der Waals surface area contributed by atoms with E-state index in [-0.39, 0.29) is 18.6 Å². The van der Waals surface area contributed by atoms with Crippen molar-refractivity contribution in [3.8, 4) is 0 Å². The van der Waals surface area contributed by atoms with Crippen LogP contribution in [0.5, 0.6) is 0 Å². The third-order valence-electron chi connectivity index (χ3n) is 3.79. The Labute approximate surface area is 115 Å². The lowest BCUT2D eigenvalue weighted by Crippen LogP contribution is -2.44. The fourth-order valence-corrected chi connectivity index (χ4v) is 2.46. The van der Waals surface area contributed by atoms with E-state index in [1.165, 1.54) is 19.3 Å². The molecule has 2 amide bonds. The second-order valence-electron chi connectivity index (χ2n) is 5.34. The SMILES string of the molecule is CCC(CNC(=O)NC1CCCCCCC1)C(=O)O. The molecule has 0 aliphatic heterocycles. The Hall–Kier alpha value is -1.26. The number of aliphatic carboxylic acids is 1. The van der Waals surface area contributed by atoms with E-state index in [9.17, 15) is 9.59 Å². The number of carbonyl (C=O) groups is 2. The molecule has 5 nitrogen and oxygen atoms in total. The van der Waals surface area contributed by atoms with E-state index in [0.717, 1.165) is 25.7 Å². The van der Waals surface area contributed by atoms with Gasteiger partial charge in [-0.1, -0.05) is 39.0 Å². The summed E-state index contributed by atoms with van der Waals surface area (Å²) in [5.74, 6) is -1.35. The number of rotatable bonds is 5. The van der Waals surface area contributed by atoms with Gasteiger partial charge in [0.15, 0.2) is 0 Å². The van der Waals surface area contributed by atoms with Gasteiger partial charge in [0.2, 0.25) is 0 Å². The minimum absolute atomic E-state index is 0.199. The maximum absolute atomic E-state index is 11.7. The second kappa shape index (κ2) is 8.77. The van der Waals surface area contributed by atoms with Crippen molar-refractivity contribution in [1.82, 2.24) is 10.6 Å². The fraction of sp³-hybridized carbons (Fsp3) is 0.857. The van der Waals surface area contributed by atoms with E-state index in [1.54, 1.807) is 0 Å². The third kappa shape index (κ3) is 6.45. The molecule has 1 atom stereocenters. The summed E-state index contributed by atoms with van der Waals surface area (Å²) in [6.45, 7) is 2.01. The molecular weight excluding hydrogens is 244 g/mol. The number of carbonyl (C=O) groups excluding carboxylic acids is 1. The standard InChI is InChI=1S/C14H26N2O3/c1-2-11(13(17)18)10-15-14(19)16-12-8-6-4-3-5-7-9-12/h11-12H,2-10H2,1H3,(H,17,18)(H2,15,16,19). The van der Waals surface area contributed by atoms with Gasteiger partial charge in [0.05, 0.1) is 5.92 Å². The summed E-state index contributed by atoms with van der Waals surface area (Å²) in [7, 11) is 0. The lowest BCUT2D eigenvalue weighted by molar-refractivity contribution is -0.141. The number of amides is 2. The van der Waals surface area contributed by atoms with Gasteiger partial charge in [-0.05, 0) is 19.3 Å². The zero-order chi connectivity index (χ0) is 14.1. The second-order valence-corrected chi connectivity index (χ2v) is 5.34. The van der Waals surface area contributed by atoms with E-state index in [0.29, 0.717) is 6.42 Å². The van der Waals surface area contributed by atoms with Gasteiger partial charge in [-0.3, -0.25) is 4.79 Å². The Morgan fingerprint density at radius 3 is 2.26 bits per heavy atom. The summed E-state index contributed by atoms with van der Waals surface area (Å²) < 4.78 is 0. The molecule has 110 valence electrons. The zero-order valence-corrected chi connectivity index (χ0v) is 11.8. The van der Waals surface area contributed by atoms with Crippen LogP contribution in [0, 0.1) is 5.92 Å². The summed E-state index contributed by atoms with van der Waals surface area (Å²) in [4.78, 5) is 22.6. The van der Waals surface area contributed by atoms with Gasteiger partial charge in [-0.15, -0.1) is 0 Å². The summed E-state index contributed by atoms with van der Waals surface area (Å²) in [6.07, 6.45) is 8.71. The summed E-state index contributed by atoms with van der Waals surface area (Å²) in [6, 6.07) is 0.00970. The Balaban J connectivity index is 2.27. The molecule has 0 aromatic carbocycles. The van der Waals surface area contributed by atoms with Crippen LogP contribution in [0.3, 0.4) is 0 Å². The van der Waals surface area contributed by atoms with Crippen LogP contribution in [0.2, 0.25) is 0 Å². The van der Waals surface area contributed by atoms with Gasteiger partial charge >= 0.3 is 12.0 Å². The highest BCUT2D eigenvalue weighted by Crippen LogP contribution is 2.16. The van der Waals surface area contributed by atoms with E-state index >= 15 is 0 Å². The third-order valence-corrected chi connectivity index (χ3v) is 3.79. The van der Waals surface area contributed by atoms with Crippen molar-refractivity contribution in [2.45, 2.75) is 64.3 Å². The molecule has 0 radical (unpaired) electrons. The average molecular weight is 270 g/mol. The number of carboxylic acids is 1. The van der Waals surface area contributed by atoms with Crippen molar-refractivity contribution < 1.29 is 14.7 Å². The summed E-state index contributed by atoms with van der Waals surface area (Å²) in [5.41, 5.74) is 0. The first-order valence-electron chi connectivity index (χ1n) is 7.40. The molecule has 0 bridgehead atoms. The molecule has 0 aromatic heterocycles. The number of hydrogen-bond donors (Lipinski definition) is 3. The molecule has 1 rings (SSSR count). The van der Waals surface area contributed by atoms with Crippen molar-refractivity contribution in [3.63, 3.8) is 0 Å². The quantitative estimate of drug-likeness (QED) is 0.718. The molecule has 1 fully saturated rings. The van der Waals surface area contributed by atoms with Crippen molar-refractivity contribution in [2.75, 3.05) is 6.54 Å². The first kappa shape index (κ1) is 15.8. The van der Waals surface area contributed by atoms with Crippen LogP contribution in [0.1, 0.15) is 58.3 Å². The fourth-order valence-electron chi connectivity index (χ4n) is 2.46. The van der Waals surface area contributed by atoms with Crippen LogP contribution < -0.4 is 10.6 Å². The number of nitrogens with one attached hydrogen (secondary N) is 2. The highest BCUT2D eigenvalue weighted by molar-refractivity contribution is 5.76. The van der Waals surface area contributed by atoms with E-state index in [1.807, 2.05) is 6.92 Å². The van der Waals surface area contributed by atoms with Crippen molar-refractivity contribution in [3.05, 3.63) is 0 Å². The number of hydrogen-bond acceptors (Lipinski definition) is 2. The predicted molar refractivity (Wildman–Crippen MR) is 74.1 cm³/mol. The van der Waals surface area contributed by atoms with E-state index in [2.05, 4.69) is 10.6 Å². The highest BCUT2D eigenvalue weighted by Gasteiger charge is 2.17. The van der Waals surface area contributed by atoms with Crippen LogP contribution in [-0.4, -0.2) is 29.7 Å². The van der Waals surface area contributed by atoms with Crippen LogP contribution in [-0.2, 0) is 4.79 Å². The smallest absolute Gasteiger partial charge is 0.315 e. The largest absolute Gasteiger partial charge is 0.481 e. The van der Waals surface area contributed by atoms with Gasteiger partial charge in [-0.2, -0.15) is 0 Å². The van der Waals surface area contributed by atoms with Gasteiger partial charge in [0.1, 0.15) is 0 Å². The monoisotopic (exact) mass is 270 g/mol. The lowest BCUT2D eigenvalue weighted by atomic mass is 9.97. The zero-order valence-electron chi connectivity index (χ0n) is 11.8. The average Bonchev–Trinajstić information content (AvgIpc) is 2.32. The Morgan fingerprint density at radius 2 is 1.74 bits per heavy atom. The lowest BCUT2D eigenvalue weighted by Gasteiger charge is -2.21. The molecule has 1 unspecified atom stereocenters. The number of carboxylic acid groups (broad SMARTS) is 1. The minimum atomic E-state index is -0.853. The van der Waals surface area contributed by atoms with Gasteiger partial charge < -0.3 is 15.7 Å².